The molecule has 0 rings (SSSR count). The lowest BCUT2D eigenvalue weighted by molar-refractivity contribution is 0.323. The molecule has 0 saturated heterocycles. The molecule has 0 fully saturated rings. The molecule has 0 heterocycles. The number of rotatable bonds is 6. The van der Waals surface area contributed by atoms with E-state index in [0.717, 1.165) is 0 Å². The normalized spacial score (nSPS) is 9.82. The zero-order valence-electron chi connectivity index (χ0n) is 6.48. The first-order valence-corrected chi connectivity index (χ1v) is 3.71. The number of hydrogen-bond donors (Lipinski definition) is 4. The molecule has 0 bridgehead atoms. The van der Waals surface area contributed by atoms with E-state index in [1.165, 1.54) is 0 Å². The predicted octanol–water partition coefficient (Wildman–Crippen LogP) is -2.36. The summed E-state index contributed by atoms with van der Waals surface area (Å²) in [5.41, 5.74) is 0. The molecular weight excluding hydrogens is 146 g/mol. The van der Waals surface area contributed by atoms with Crippen LogP contribution in [0, 0.1) is 0 Å². The predicted molar refractivity (Wildman–Crippen MR) is 44.7 cm³/mol. The standard InChI is InChI=1S/C5H14B2O4/c8-2-6(3-9)1-7(4-10)5-11/h8-11H,1-5H2. The van der Waals surface area contributed by atoms with Gasteiger partial charge in [-0.15, -0.1) is 0 Å². The second kappa shape index (κ2) is 6.67. The van der Waals surface area contributed by atoms with Crippen molar-refractivity contribution in [3.63, 3.8) is 0 Å². The Morgan fingerprint density at radius 3 is 1.09 bits per heavy atom. The van der Waals surface area contributed by atoms with E-state index in [1.54, 1.807) is 0 Å². The van der Waals surface area contributed by atoms with Gasteiger partial charge in [0, 0.05) is 26.0 Å². The van der Waals surface area contributed by atoms with Gasteiger partial charge in [-0.1, -0.05) is 6.22 Å². The van der Waals surface area contributed by atoms with Crippen molar-refractivity contribution < 1.29 is 20.4 Å². The first-order valence-electron chi connectivity index (χ1n) is 3.71. The number of hydrogen-bond acceptors (Lipinski definition) is 4. The third kappa shape index (κ3) is 4.42. The maximum atomic E-state index is 8.64. The third-order valence-electron chi connectivity index (χ3n) is 1.70. The lowest BCUT2D eigenvalue weighted by Crippen LogP contribution is -2.36. The first-order chi connectivity index (χ1) is 5.28. The fourth-order valence-corrected chi connectivity index (χ4v) is 0.885. The van der Waals surface area contributed by atoms with Crippen LogP contribution in [-0.4, -0.2) is 59.9 Å². The summed E-state index contributed by atoms with van der Waals surface area (Å²) in [5.74, 6) is 0. The Bertz CT molecular complexity index is 74.6. The third-order valence-corrected chi connectivity index (χ3v) is 1.70. The minimum Gasteiger partial charge on any atom is -0.404 e. The largest absolute Gasteiger partial charge is 0.404 e. The van der Waals surface area contributed by atoms with Crippen LogP contribution in [0.2, 0.25) is 6.22 Å². The van der Waals surface area contributed by atoms with Crippen LogP contribution in [0.15, 0.2) is 0 Å². The van der Waals surface area contributed by atoms with Gasteiger partial charge in [-0.2, -0.15) is 0 Å². The van der Waals surface area contributed by atoms with Crippen LogP contribution in [0.1, 0.15) is 0 Å². The van der Waals surface area contributed by atoms with Gasteiger partial charge in [0.2, 0.25) is 0 Å². The summed E-state index contributed by atoms with van der Waals surface area (Å²) in [6.07, 6.45) is 0.458. The topological polar surface area (TPSA) is 80.9 Å². The summed E-state index contributed by atoms with van der Waals surface area (Å²) in [7, 11) is 0. The van der Waals surface area contributed by atoms with Crippen molar-refractivity contribution in [1.29, 1.82) is 0 Å². The van der Waals surface area contributed by atoms with Crippen molar-refractivity contribution in [1.82, 2.24) is 0 Å². The fourth-order valence-electron chi connectivity index (χ4n) is 0.885. The average Bonchev–Trinajstić information content (AvgIpc) is 2.07. The maximum Gasteiger partial charge on any atom is 0.194 e. The molecule has 0 spiro atoms. The van der Waals surface area contributed by atoms with Gasteiger partial charge in [-0.05, 0) is 0 Å². The summed E-state index contributed by atoms with van der Waals surface area (Å²) in [4.78, 5) is 0. The highest BCUT2D eigenvalue weighted by Gasteiger charge is 2.20. The molecule has 6 heteroatoms. The van der Waals surface area contributed by atoms with Crippen LogP contribution in [0.5, 0.6) is 0 Å². The lowest BCUT2D eigenvalue weighted by Gasteiger charge is -2.10. The monoisotopic (exact) mass is 160 g/mol. The summed E-state index contributed by atoms with van der Waals surface area (Å²) < 4.78 is 0. The summed E-state index contributed by atoms with van der Waals surface area (Å²) in [5, 5.41) is 34.6. The van der Waals surface area contributed by atoms with Gasteiger partial charge in [-0.25, -0.2) is 0 Å². The lowest BCUT2D eigenvalue weighted by atomic mass is 9.30. The molecule has 0 aromatic rings. The molecule has 0 aliphatic rings. The van der Waals surface area contributed by atoms with Gasteiger partial charge >= 0.3 is 0 Å². The van der Waals surface area contributed by atoms with Crippen molar-refractivity contribution in [2.24, 2.45) is 0 Å². The van der Waals surface area contributed by atoms with Gasteiger partial charge < -0.3 is 20.4 Å². The van der Waals surface area contributed by atoms with Crippen LogP contribution in [0.25, 0.3) is 0 Å². The van der Waals surface area contributed by atoms with E-state index in [1.807, 2.05) is 0 Å². The van der Waals surface area contributed by atoms with Crippen molar-refractivity contribution in [3.05, 3.63) is 0 Å². The molecule has 0 aromatic heterocycles. The van der Waals surface area contributed by atoms with Crippen molar-refractivity contribution in [2.75, 3.05) is 26.0 Å². The molecule has 4 nitrogen and oxygen atoms in total. The minimum atomic E-state index is -0.223. The zero-order chi connectivity index (χ0) is 8.69. The first kappa shape index (κ1) is 11.0. The van der Waals surface area contributed by atoms with Crippen molar-refractivity contribution >= 4 is 13.4 Å². The van der Waals surface area contributed by atoms with Gasteiger partial charge in [0.15, 0.2) is 13.4 Å². The molecular formula is C5H14B2O4. The van der Waals surface area contributed by atoms with Crippen LogP contribution < -0.4 is 0 Å². The minimum absolute atomic E-state index is 0.104. The molecule has 11 heavy (non-hydrogen) atoms. The van der Waals surface area contributed by atoms with E-state index in [-0.39, 0.29) is 39.5 Å². The van der Waals surface area contributed by atoms with Crippen LogP contribution in [0.4, 0.5) is 0 Å². The molecule has 4 N–H and O–H groups in total. The van der Waals surface area contributed by atoms with Crippen LogP contribution in [0.3, 0.4) is 0 Å². The fraction of sp³-hybridized carbons (Fsp3) is 1.00. The number of aliphatic hydroxyl groups excluding tert-OH is 4. The molecule has 0 aliphatic carbocycles. The van der Waals surface area contributed by atoms with Gasteiger partial charge in [0.1, 0.15) is 0 Å². The SMILES string of the molecule is OCB(CO)CB(CO)CO. The Hall–Kier alpha value is -0.0301. The van der Waals surface area contributed by atoms with E-state index in [0.29, 0.717) is 6.22 Å². The van der Waals surface area contributed by atoms with Gasteiger partial charge in [0.05, 0.1) is 0 Å². The highest BCUT2D eigenvalue weighted by Crippen LogP contribution is 1.95. The highest BCUT2D eigenvalue weighted by atomic mass is 16.3. The Morgan fingerprint density at radius 1 is 0.636 bits per heavy atom. The van der Waals surface area contributed by atoms with Crippen LogP contribution >= 0.6 is 0 Å². The second-order valence-electron chi connectivity index (χ2n) is 2.70. The summed E-state index contributed by atoms with van der Waals surface area (Å²) >= 11 is 0. The second-order valence-corrected chi connectivity index (χ2v) is 2.70. The van der Waals surface area contributed by atoms with E-state index < -0.39 is 0 Å². The average molecular weight is 160 g/mol. The molecule has 0 unspecified atom stereocenters. The Balaban J connectivity index is 3.58. The van der Waals surface area contributed by atoms with Crippen molar-refractivity contribution in [3.8, 4) is 0 Å². The number of aliphatic hydroxyl groups is 4. The molecule has 0 atom stereocenters. The molecule has 0 saturated carbocycles. The van der Waals surface area contributed by atoms with E-state index in [9.17, 15) is 0 Å². The highest BCUT2D eigenvalue weighted by molar-refractivity contribution is 6.77. The smallest absolute Gasteiger partial charge is 0.194 e. The molecule has 0 aliphatic heterocycles. The van der Waals surface area contributed by atoms with Crippen LogP contribution in [-0.2, 0) is 0 Å². The summed E-state index contributed by atoms with van der Waals surface area (Å²) in [6, 6.07) is 0. The molecule has 0 radical (unpaired) electrons. The van der Waals surface area contributed by atoms with Crippen molar-refractivity contribution in [2.45, 2.75) is 6.22 Å². The Morgan fingerprint density at radius 2 is 0.909 bits per heavy atom. The summed E-state index contributed by atoms with van der Waals surface area (Å²) in [6.45, 7) is -0.862. The van der Waals surface area contributed by atoms with E-state index >= 15 is 0 Å². The molecule has 0 aromatic carbocycles. The Labute approximate surface area is 67.0 Å². The quantitative estimate of drug-likeness (QED) is 0.327. The van der Waals surface area contributed by atoms with E-state index in [4.69, 9.17) is 20.4 Å². The maximum absolute atomic E-state index is 8.64. The van der Waals surface area contributed by atoms with Gasteiger partial charge in [-0.3, -0.25) is 0 Å². The Kier molecular flexibility index (Phi) is 6.65. The molecule has 64 valence electrons. The van der Waals surface area contributed by atoms with Gasteiger partial charge in [0.25, 0.3) is 0 Å². The molecule has 0 amide bonds. The van der Waals surface area contributed by atoms with E-state index in [2.05, 4.69) is 0 Å². The zero-order valence-corrected chi connectivity index (χ0v) is 6.48.